The van der Waals surface area contributed by atoms with Crippen LogP contribution in [0.15, 0.2) is 24.3 Å². The van der Waals surface area contributed by atoms with E-state index in [2.05, 4.69) is 18.3 Å². The third kappa shape index (κ3) is 8.07. The minimum absolute atomic E-state index is 0.117. The van der Waals surface area contributed by atoms with Crippen LogP contribution in [0.4, 0.5) is 13.2 Å². The van der Waals surface area contributed by atoms with E-state index in [1.165, 1.54) is 0 Å². The predicted molar refractivity (Wildman–Crippen MR) is 78.6 cm³/mol. The van der Waals surface area contributed by atoms with Crippen LogP contribution in [0, 0.1) is 6.92 Å². The number of hydrogen-bond acceptors (Lipinski definition) is 2. The number of nitrogens with one attached hydrogen (secondary N) is 1. The van der Waals surface area contributed by atoms with E-state index >= 15 is 0 Å². The number of rotatable bonds is 9. The molecule has 0 aliphatic rings. The Morgan fingerprint density at radius 1 is 1.29 bits per heavy atom. The summed E-state index contributed by atoms with van der Waals surface area (Å²) in [6.45, 7) is 4.71. The Balaban J connectivity index is 2.52. The van der Waals surface area contributed by atoms with Crippen LogP contribution in [-0.4, -0.2) is 32.5 Å². The Bertz CT molecular complexity index is 407. The number of alkyl halides is 3. The maximum Gasteiger partial charge on any atom is 0.411 e. The molecule has 1 unspecified atom stereocenters. The first-order valence-electron chi connectivity index (χ1n) is 7.34. The molecular formula is C16H24F3NO. The van der Waals surface area contributed by atoms with Crippen molar-refractivity contribution in [1.29, 1.82) is 0 Å². The van der Waals surface area contributed by atoms with Crippen LogP contribution in [0.3, 0.4) is 0 Å². The van der Waals surface area contributed by atoms with Crippen molar-refractivity contribution in [2.45, 2.75) is 38.8 Å². The third-order valence-corrected chi connectivity index (χ3v) is 3.21. The smallest absolute Gasteiger partial charge is 0.372 e. The van der Waals surface area contributed by atoms with Gasteiger partial charge in [0.25, 0.3) is 0 Å². The second kappa shape index (κ2) is 9.05. The summed E-state index contributed by atoms with van der Waals surface area (Å²) in [5, 5.41) is 3.33. The van der Waals surface area contributed by atoms with Gasteiger partial charge in [-0.05, 0) is 37.8 Å². The van der Waals surface area contributed by atoms with Crippen molar-refractivity contribution >= 4 is 0 Å². The summed E-state index contributed by atoms with van der Waals surface area (Å²) in [6.07, 6.45) is -2.64. The van der Waals surface area contributed by atoms with E-state index < -0.39 is 12.8 Å². The monoisotopic (exact) mass is 303 g/mol. The number of benzene rings is 1. The van der Waals surface area contributed by atoms with Crippen molar-refractivity contribution in [2.24, 2.45) is 0 Å². The molecule has 1 aromatic rings. The van der Waals surface area contributed by atoms with Crippen LogP contribution in [0.25, 0.3) is 0 Å². The van der Waals surface area contributed by atoms with Gasteiger partial charge in [0.15, 0.2) is 0 Å². The van der Waals surface area contributed by atoms with E-state index in [4.69, 9.17) is 4.74 Å². The Kier molecular flexibility index (Phi) is 7.75. The number of aryl methyl sites for hydroxylation is 1. The molecule has 0 aromatic heterocycles. The first-order chi connectivity index (χ1) is 9.92. The van der Waals surface area contributed by atoms with Gasteiger partial charge in [0.2, 0.25) is 0 Å². The van der Waals surface area contributed by atoms with Crippen molar-refractivity contribution in [2.75, 3.05) is 26.3 Å². The summed E-state index contributed by atoms with van der Waals surface area (Å²) >= 11 is 0. The molecule has 0 heterocycles. The van der Waals surface area contributed by atoms with Crippen molar-refractivity contribution in [3.05, 3.63) is 35.4 Å². The highest BCUT2D eigenvalue weighted by Crippen LogP contribution is 2.21. The predicted octanol–water partition coefficient (Wildman–Crippen LogP) is 4.05. The molecule has 1 atom stereocenters. The fourth-order valence-corrected chi connectivity index (χ4v) is 2.18. The zero-order valence-electron chi connectivity index (χ0n) is 12.7. The van der Waals surface area contributed by atoms with Crippen LogP contribution in [0.2, 0.25) is 0 Å². The molecule has 0 aliphatic heterocycles. The van der Waals surface area contributed by atoms with Crippen molar-refractivity contribution in [3.8, 4) is 0 Å². The van der Waals surface area contributed by atoms with Crippen LogP contribution >= 0.6 is 0 Å². The summed E-state index contributed by atoms with van der Waals surface area (Å²) in [4.78, 5) is 0. The molecule has 21 heavy (non-hydrogen) atoms. The average molecular weight is 303 g/mol. The van der Waals surface area contributed by atoms with Gasteiger partial charge in [0.05, 0.1) is 0 Å². The lowest BCUT2D eigenvalue weighted by molar-refractivity contribution is -0.174. The molecule has 2 nitrogen and oxygen atoms in total. The summed E-state index contributed by atoms with van der Waals surface area (Å²) < 4.78 is 40.9. The Labute approximate surface area is 124 Å². The van der Waals surface area contributed by atoms with Crippen LogP contribution in [0.1, 0.15) is 36.8 Å². The molecule has 1 aromatic carbocycles. The van der Waals surface area contributed by atoms with E-state index in [9.17, 15) is 13.2 Å². The van der Waals surface area contributed by atoms with Crippen LogP contribution < -0.4 is 5.32 Å². The van der Waals surface area contributed by atoms with Crippen molar-refractivity contribution < 1.29 is 17.9 Å². The summed E-state index contributed by atoms with van der Waals surface area (Å²) in [6, 6.07) is 8.10. The largest absolute Gasteiger partial charge is 0.411 e. The molecule has 0 bridgehead atoms. The van der Waals surface area contributed by atoms with Gasteiger partial charge in [-0.3, -0.25) is 0 Å². The molecule has 120 valence electrons. The highest BCUT2D eigenvalue weighted by Gasteiger charge is 2.27. The topological polar surface area (TPSA) is 21.3 Å². The van der Waals surface area contributed by atoms with Crippen molar-refractivity contribution in [1.82, 2.24) is 5.32 Å². The highest BCUT2D eigenvalue weighted by molar-refractivity contribution is 5.25. The fraction of sp³-hybridized carbons (Fsp3) is 0.625. The molecular weight excluding hydrogens is 279 g/mol. The number of ether oxygens (including phenoxy) is 1. The van der Waals surface area contributed by atoms with Gasteiger partial charge in [0.1, 0.15) is 6.61 Å². The minimum atomic E-state index is -4.25. The van der Waals surface area contributed by atoms with Gasteiger partial charge in [-0.25, -0.2) is 0 Å². The maximum absolute atomic E-state index is 12.1. The van der Waals surface area contributed by atoms with E-state index in [1.807, 2.05) is 25.1 Å². The molecule has 0 spiro atoms. The van der Waals surface area contributed by atoms with Crippen molar-refractivity contribution in [3.63, 3.8) is 0 Å². The Morgan fingerprint density at radius 2 is 2.05 bits per heavy atom. The molecule has 1 rings (SSSR count). The quantitative estimate of drug-likeness (QED) is 0.695. The van der Waals surface area contributed by atoms with E-state index in [0.717, 1.165) is 30.6 Å². The Morgan fingerprint density at radius 3 is 2.67 bits per heavy atom. The molecule has 5 heteroatoms. The van der Waals surface area contributed by atoms with E-state index in [-0.39, 0.29) is 12.5 Å². The highest BCUT2D eigenvalue weighted by atomic mass is 19.4. The first-order valence-corrected chi connectivity index (χ1v) is 7.34. The molecule has 1 N–H and O–H groups in total. The SMILES string of the molecule is CCCNCC(CCOCC(F)(F)F)c1cccc(C)c1. The fourth-order valence-electron chi connectivity index (χ4n) is 2.18. The second-order valence-electron chi connectivity index (χ2n) is 5.27. The second-order valence-corrected chi connectivity index (χ2v) is 5.27. The van der Waals surface area contributed by atoms with Gasteiger partial charge in [-0.2, -0.15) is 13.2 Å². The van der Waals surface area contributed by atoms with E-state index in [1.54, 1.807) is 0 Å². The van der Waals surface area contributed by atoms with Crippen LogP contribution in [-0.2, 0) is 4.74 Å². The molecule has 0 radical (unpaired) electrons. The number of hydrogen-bond donors (Lipinski definition) is 1. The van der Waals surface area contributed by atoms with Gasteiger partial charge in [-0.1, -0.05) is 36.8 Å². The normalized spacial score (nSPS) is 13.4. The molecule has 0 fully saturated rings. The maximum atomic E-state index is 12.1. The molecule has 0 saturated heterocycles. The van der Waals surface area contributed by atoms with Gasteiger partial charge in [-0.15, -0.1) is 0 Å². The average Bonchev–Trinajstić information content (AvgIpc) is 2.40. The Hall–Kier alpha value is -1.07. The summed E-state index contributed by atoms with van der Waals surface area (Å²) in [7, 11) is 0. The lowest BCUT2D eigenvalue weighted by atomic mass is 9.94. The number of halogens is 3. The third-order valence-electron chi connectivity index (χ3n) is 3.21. The lowest BCUT2D eigenvalue weighted by Gasteiger charge is -2.19. The molecule has 0 saturated carbocycles. The standard InChI is InChI=1S/C16H24F3NO/c1-3-8-20-11-15(7-9-21-12-16(17,18)19)14-6-4-5-13(2)10-14/h4-6,10,15,20H,3,7-9,11-12H2,1-2H3. The molecule has 0 aliphatic carbocycles. The molecule has 0 amide bonds. The zero-order chi connectivity index (χ0) is 15.7. The van der Waals surface area contributed by atoms with Crippen LogP contribution in [0.5, 0.6) is 0 Å². The van der Waals surface area contributed by atoms with Gasteiger partial charge < -0.3 is 10.1 Å². The summed E-state index contributed by atoms with van der Waals surface area (Å²) in [5.41, 5.74) is 2.30. The van der Waals surface area contributed by atoms with Gasteiger partial charge >= 0.3 is 6.18 Å². The summed E-state index contributed by atoms with van der Waals surface area (Å²) in [5.74, 6) is 0.171. The first kappa shape index (κ1) is 18.0. The minimum Gasteiger partial charge on any atom is -0.372 e. The van der Waals surface area contributed by atoms with Gasteiger partial charge in [0, 0.05) is 13.2 Å². The van der Waals surface area contributed by atoms with E-state index in [0.29, 0.717) is 6.42 Å². The lowest BCUT2D eigenvalue weighted by Crippen LogP contribution is -2.24. The zero-order valence-corrected chi connectivity index (χ0v) is 12.7.